The lowest BCUT2D eigenvalue weighted by Gasteiger charge is -2.23. The molecule has 0 aliphatic carbocycles. The Hall–Kier alpha value is -3.22. The first-order valence-electron chi connectivity index (χ1n) is 9.45. The van der Waals surface area contributed by atoms with Crippen molar-refractivity contribution in [1.82, 2.24) is 5.32 Å². The summed E-state index contributed by atoms with van der Waals surface area (Å²) in [6.07, 6.45) is 0. The van der Waals surface area contributed by atoms with Crippen LogP contribution >= 0.6 is 0 Å². The second-order valence-corrected chi connectivity index (χ2v) is 6.45. The minimum atomic E-state index is -0.618. The van der Waals surface area contributed by atoms with Crippen molar-refractivity contribution >= 4 is 17.6 Å². The van der Waals surface area contributed by atoms with Crippen LogP contribution < -0.4 is 19.7 Å². The topological polar surface area (TPSA) is 77.1 Å². The zero-order chi connectivity index (χ0) is 21.2. The first kappa shape index (κ1) is 22.1. The van der Waals surface area contributed by atoms with Gasteiger partial charge in [-0.2, -0.15) is 0 Å². The second-order valence-electron chi connectivity index (χ2n) is 6.45. The highest BCUT2D eigenvalue weighted by Gasteiger charge is 2.13. The van der Waals surface area contributed by atoms with Crippen LogP contribution in [0.15, 0.2) is 42.5 Å². The summed E-state index contributed by atoms with van der Waals surface area (Å²) in [6, 6.07) is 12.9. The molecule has 0 aromatic heterocycles. The van der Waals surface area contributed by atoms with Crippen LogP contribution in [0.5, 0.6) is 11.5 Å². The number of benzene rings is 2. The Labute approximate surface area is 171 Å². The number of anilines is 1. The van der Waals surface area contributed by atoms with E-state index in [2.05, 4.69) is 23.2 Å². The van der Waals surface area contributed by atoms with E-state index in [9.17, 15) is 9.59 Å². The van der Waals surface area contributed by atoms with Crippen LogP contribution in [0.25, 0.3) is 0 Å². The molecule has 0 bridgehead atoms. The SMILES string of the molecule is CCN(CCNC(=O)COC(=O)c1cc(OC)cc(OC)c1)c1cccc(C)c1. The molecule has 2 rings (SSSR count). The Kier molecular flexibility index (Phi) is 8.33. The number of esters is 1. The minimum Gasteiger partial charge on any atom is -0.497 e. The van der Waals surface area contributed by atoms with Crippen LogP contribution in [0.1, 0.15) is 22.8 Å². The molecule has 156 valence electrons. The summed E-state index contributed by atoms with van der Waals surface area (Å²) in [4.78, 5) is 26.4. The number of nitrogens with zero attached hydrogens (tertiary/aromatic N) is 1. The maximum atomic E-state index is 12.2. The van der Waals surface area contributed by atoms with E-state index in [1.165, 1.54) is 31.9 Å². The first-order chi connectivity index (χ1) is 14.0. The average Bonchev–Trinajstić information content (AvgIpc) is 2.74. The Morgan fingerprint density at radius 1 is 1.03 bits per heavy atom. The third kappa shape index (κ3) is 6.71. The predicted molar refractivity (Wildman–Crippen MR) is 112 cm³/mol. The molecule has 0 fully saturated rings. The predicted octanol–water partition coefficient (Wildman–Crippen LogP) is 2.81. The van der Waals surface area contributed by atoms with Gasteiger partial charge in [0, 0.05) is 31.4 Å². The van der Waals surface area contributed by atoms with Gasteiger partial charge in [0.1, 0.15) is 11.5 Å². The van der Waals surface area contributed by atoms with Gasteiger partial charge in [-0.1, -0.05) is 12.1 Å². The van der Waals surface area contributed by atoms with Gasteiger partial charge in [-0.05, 0) is 43.7 Å². The molecule has 0 unspecified atom stereocenters. The molecule has 0 saturated carbocycles. The molecular weight excluding hydrogens is 372 g/mol. The highest BCUT2D eigenvalue weighted by molar-refractivity contribution is 5.92. The molecule has 0 spiro atoms. The van der Waals surface area contributed by atoms with Crippen LogP contribution in [-0.4, -0.2) is 52.3 Å². The van der Waals surface area contributed by atoms with E-state index in [-0.39, 0.29) is 18.1 Å². The Morgan fingerprint density at radius 3 is 2.31 bits per heavy atom. The number of carbonyl (C=O) groups is 2. The van der Waals surface area contributed by atoms with Gasteiger partial charge in [-0.3, -0.25) is 4.79 Å². The van der Waals surface area contributed by atoms with Crippen molar-refractivity contribution in [2.24, 2.45) is 0 Å². The number of aryl methyl sites for hydroxylation is 1. The van der Waals surface area contributed by atoms with Gasteiger partial charge in [0.25, 0.3) is 5.91 Å². The lowest BCUT2D eigenvalue weighted by Crippen LogP contribution is -2.36. The summed E-state index contributed by atoms with van der Waals surface area (Å²) in [6.45, 7) is 5.69. The van der Waals surface area contributed by atoms with Crippen molar-refractivity contribution in [3.05, 3.63) is 53.6 Å². The summed E-state index contributed by atoms with van der Waals surface area (Å²) >= 11 is 0. The molecule has 0 aliphatic heterocycles. The summed E-state index contributed by atoms with van der Waals surface area (Å²) in [7, 11) is 2.99. The average molecular weight is 400 g/mol. The molecular formula is C22H28N2O5. The van der Waals surface area contributed by atoms with Gasteiger partial charge in [0.05, 0.1) is 19.8 Å². The largest absolute Gasteiger partial charge is 0.497 e. The molecule has 7 heteroatoms. The van der Waals surface area contributed by atoms with E-state index < -0.39 is 5.97 Å². The number of hydrogen-bond acceptors (Lipinski definition) is 6. The quantitative estimate of drug-likeness (QED) is 0.618. The molecule has 29 heavy (non-hydrogen) atoms. The van der Waals surface area contributed by atoms with E-state index >= 15 is 0 Å². The molecule has 0 atom stereocenters. The second kappa shape index (κ2) is 10.9. The van der Waals surface area contributed by atoms with Crippen molar-refractivity contribution in [3.63, 3.8) is 0 Å². The van der Waals surface area contributed by atoms with Crippen LogP contribution in [0.3, 0.4) is 0 Å². The van der Waals surface area contributed by atoms with E-state index in [0.29, 0.717) is 24.6 Å². The molecule has 0 radical (unpaired) electrons. The molecule has 1 amide bonds. The van der Waals surface area contributed by atoms with Crippen molar-refractivity contribution < 1.29 is 23.8 Å². The summed E-state index contributed by atoms with van der Waals surface area (Å²) in [5, 5.41) is 2.78. The number of methoxy groups -OCH3 is 2. The molecule has 0 saturated heterocycles. The van der Waals surface area contributed by atoms with E-state index in [1.54, 1.807) is 6.07 Å². The van der Waals surface area contributed by atoms with Gasteiger partial charge in [0.2, 0.25) is 0 Å². The fourth-order valence-electron chi connectivity index (χ4n) is 2.82. The minimum absolute atomic E-state index is 0.255. The lowest BCUT2D eigenvalue weighted by molar-refractivity contribution is -0.124. The lowest BCUT2D eigenvalue weighted by atomic mass is 10.2. The van der Waals surface area contributed by atoms with Crippen molar-refractivity contribution in [2.75, 3.05) is 45.4 Å². The van der Waals surface area contributed by atoms with Crippen molar-refractivity contribution in [3.8, 4) is 11.5 Å². The van der Waals surface area contributed by atoms with Crippen LogP contribution in [0.4, 0.5) is 5.69 Å². The third-order valence-corrected chi connectivity index (χ3v) is 4.37. The number of nitrogens with one attached hydrogen (secondary N) is 1. The van der Waals surface area contributed by atoms with Gasteiger partial charge in [-0.25, -0.2) is 4.79 Å². The zero-order valence-corrected chi connectivity index (χ0v) is 17.4. The number of amides is 1. The molecule has 1 N–H and O–H groups in total. The monoisotopic (exact) mass is 400 g/mol. The number of likely N-dealkylation sites (N-methyl/N-ethyl adjacent to an activating group) is 1. The van der Waals surface area contributed by atoms with Gasteiger partial charge in [0.15, 0.2) is 6.61 Å². The number of rotatable bonds is 10. The first-order valence-corrected chi connectivity index (χ1v) is 9.45. The van der Waals surface area contributed by atoms with E-state index in [0.717, 1.165) is 12.2 Å². The summed E-state index contributed by atoms with van der Waals surface area (Å²) < 4.78 is 15.4. The Balaban J connectivity index is 1.81. The highest BCUT2D eigenvalue weighted by Crippen LogP contribution is 2.23. The zero-order valence-electron chi connectivity index (χ0n) is 17.4. The fourth-order valence-corrected chi connectivity index (χ4v) is 2.82. The molecule has 2 aromatic rings. The molecule has 7 nitrogen and oxygen atoms in total. The van der Waals surface area contributed by atoms with Gasteiger partial charge < -0.3 is 24.4 Å². The standard InChI is InChI=1S/C22H28N2O5/c1-5-24(18-8-6-7-16(2)11-18)10-9-23-21(25)15-29-22(26)17-12-19(27-3)14-20(13-17)28-4/h6-8,11-14H,5,9-10,15H2,1-4H3,(H,23,25). The number of ether oxygens (including phenoxy) is 3. The highest BCUT2D eigenvalue weighted by atomic mass is 16.5. The van der Waals surface area contributed by atoms with Crippen LogP contribution in [-0.2, 0) is 9.53 Å². The Morgan fingerprint density at radius 2 is 1.72 bits per heavy atom. The fraction of sp³-hybridized carbons (Fsp3) is 0.364. The van der Waals surface area contributed by atoms with E-state index in [1.807, 2.05) is 25.1 Å². The summed E-state index contributed by atoms with van der Waals surface area (Å²) in [5.41, 5.74) is 2.55. The van der Waals surface area contributed by atoms with Gasteiger partial charge >= 0.3 is 5.97 Å². The maximum Gasteiger partial charge on any atom is 0.338 e. The smallest absolute Gasteiger partial charge is 0.338 e. The number of carbonyl (C=O) groups excluding carboxylic acids is 2. The maximum absolute atomic E-state index is 12.2. The normalized spacial score (nSPS) is 10.2. The van der Waals surface area contributed by atoms with Crippen molar-refractivity contribution in [2.45, 2.75) is 13.8 Å². The van der Waals surface area contributed by atoms with Crippen LogP contribution in [0.2, 0.25) is 0 Å². The molecule has 2 aromatic carbocycles. The van der Waals surface area contributed by atoms with E-state index in [4.69, 9.17) is 14.2 Å². The molecule has 0 heterocycles. The third-order valence-electron chi connectivity index (χ3n) is 4.37. The van der Waals surface area contributed by atoms with Crippen molar-refractivity contribution in [1.29, 1.82) is 0 Å². The van der Waals surface area contributed by atoms with Gasteiger partial charge in [-0.15, -0.1) is 0 Å². The van der Waals surface area contributed by atoms with Crippen LogP contribution in [0, 0.1) is 6.92 Å². The molecule has 0 aliphatic rings. The number of hydrogen-bond donors (Lipinski definition) is 1. The summed E-state index contributed by atoms with van der Waals surface area (Å²) in [5.74, 6) is -0.0334. The Bertz CT molecular complexity index is 815.